The third-order valence-corrected chi connectivity index (χ3v) is 8.54. The van der Waals surface area contributed by atoms with Gasteiger partial charge in [0, 0.05) is 13.1 Å². The average molecular weight is 577 g/mol. The molecule has 1 atom stereocenters. The van der Waals surface area contributed by atoms with Gasteiger partial charge in [-0.3, -0.25) is 13.9 Å². The van der Waals surface area contributed by atoms with Crippen molar-refractivity contribution in [2.24, 2.45) is 0 Å². The van der Waals surface area contributed by atoms with E-state index < -0.39 is 28.5 Å². The second-order valence-corrected chi connectivity index (χ2v) is 11.4. The van der Waals surface area contributed by atoms with Crippen molar-refractivity contribution < 1.29 is 18.0 Å². The van der Waals surface area contributed by atoms with Crippen molar-refractivity contribution in [1.29, 1.82) is 0 Å². The predicted molar refractivity (Wildman–Crippen MR) is 152 cm³/mol. The van der Waals surface area contributed by atoms with Gasteiger partial charge in [-0.15, -0.1) is 0 Å². The molecule has 0 unspecified atom stereocenters. The van der Waals surface area contributed by atoms with Crippen LogP contribution in [0.15, 0.2) is 77.7 Å². The minimum atomic E-state index is -4.17. The third kappa shape index (κ3) is 7.07. The molecule has 10 heteroatoms. The summed E-state index contributed by atoms with van der Waals surface area (Å²) in [5.41, 5.74) is 2.05. The molecular formula is C28H31Cl2N3O4S. The Labute approximate surface area is 234 Å². The molecule has 7 nitrogen and oxygen atoms in total. The highest BCUT2D eigenvalue weighted by Gasteiger charge is 2.33. The Morgan fingerprint density at radius 2 is 1.58 bits per heavy atom. The fourth-order valence-electron chi connectivity index (χ4n) is 3.99. The standard InChI is InChI=1S/C28H31Cl2N3O4S/c1-4-26(28(35)31-5-2)32(18-21-13-11-20(3)12-14-21)27(34)19-33(22-15-16-24(29)25(30)17-22)38(36,37)23-9-7-6-8-10-23/h6-17,26H,4-5,18-19H2,1-3H3,(H,31,35)/t26-/m1/s1. The van der Waals surface area contributed by atoms with Crippen molar-refractivity contribution in [3.8, 4) is 0 Å². The molecule has 0 saturated heterocycles. The summed E-state index contributed by atoms with van der Waals surface area (Å²) >= 11 is 12.3. The van der Waals surface area contributed by atoms with Gasteiger partial charge in [0.2, 0.25) is 11.8 Å². The number of anilines is 1. The molecule has 202 valence electrons. The van der Waals surface area contributed by atoms with Crippen molar-refractivity contribution in [3.63, 3.8) is 0 Å². The first-order valence-electron chi connectivity index (χ1n) is 12.2. The number of rotatable bonds is 11. The summed E-state index contributed by atoms with van der Waals surface area (Å²) < 4.78 is 28.5. The van der Waals surface area contributed by atoms with Gasteiger partial charge in [0.15, 0.2) is 0 Å². The lowest BCUT2D eigenvalue weighted by Gasteiger charge is -2.33. The SMILES string of the molecule is CCNC(=O)[C@@H](CC)N(Cc1ccc(C)cc1)C(=O)CN(c1ccc(Cl)c(Cl)c1)S(=O)(=O)c1ccccc1. The zero-order valence-corrected chi connectivity index (χ0v) is 23.9. The number of hydrogen-bond acceptors (Lipinski definition) is 4. The zero-order chi connectivity index (χ0) is 27.9. The minimum absolute atomic E-state index is 0.0136. The highest BCUT2D eigenvalue weighted by Crippen LogP contribution is 2.31. The molecule has 0 radical (unpaired) electrons. The molecule has 0 aliphatic rings. The Kier molecular flexibility index (Phi) is 10.2. The van der Waals surface area contributed by atoms with Crippen molar-refractivity contribution in [3.05, 3.63) is 94.0 Å². The summed E-state index contributed by atoms with van der Waals surface area (Å²) in [6, 6.07) is 19.0. The summed E-state index contributed by atoms with van der Waals surface area (Å²) in [5, 5.41) is 3.19. The fourth-order valence-corrected chi connectivity index (χ4v) is 5.71. The summed E-state index contributed by atoms with van der Waals surface area (Å²) in [6.07, 6.45) is 0.349. The van der Waals surface area contributed by atoms with E-state index in [2.05, 4.69) is 5.32 Å². The zero-order valence-electron chi connectivity index (χ0n) is 21.5. The molecule has 0 saturated carbocycles. The number of sulfonamides is 1. The van der Waals surface area contributed by atoms with E-state index in [-0.39, 0.29) is 33.1 Å². The van der Waals surface area contributed by atoms with Crippen molar-refractivity contribution in [2.75, 3.05) is 17.4 Å². The van der Waals surface area contributed by atoms with Crippen LogP contribution in [0.5, 0.6) is 0 Å². The van der Waals surface area contributed by atoms with Crippen molar-refractivity contribution in [1.82, 2.24) is 10.2 Å². The van der Waals surface area contributed by atoms with E-state index in [1.807, 2.05) is 38.1 Å². The molecule has 0 heterocycles. The first-order chi connectivity index (χ1) is 18.1. The number of hydrogen-bond donors (Lipinski definition) is 1. The lowest BCUT2D eigenvalue weighted by molar-refractivity contribution is -0.140. The Hall–Kier alpha value is -3.07. The van der Waals surface area contributed by atoms with E-state index in [0.29, 0.717) is 13.0 Å². The Balaban J connectivity index is 2.06. The quantitative estimate of drug-likeness (QED) is 0.330. The Bertz CT molecular complexity index is 1370. The Morgan fingerprint density at radius 3 is 2.16 bits per heavy atom. The number of nitrogens with zero attached hydrogens (tertiary/aromatic N) is 2. The van der Waals surface area contributed by atoms with E-state index in [4.69, 9.17) is 23.2 Å². The van der Waals surface area contributed by atoms with Gasteiger partial charge in [0.05, 0.1) is 20.6 Å². The molecule has 0 aliphatic heterocycles. The summed E-state index contributed by atoms with van der Waals surface area (Å²) in [6.45, 7) is 5.56. The van der Waals surface area contributed by atoms with Crippen molar-refractivity contribution in [2.45, 2.75) is 44.7 Å². The summed E-state index contributed by atoms with van der Waals surface area (Å²) in [5.74, 6) is -0.836. The van der Waals surface area contributed by atoms with Crippen LogP contribution in [-0.2, 0) is 26.2 Å². The van der Waals surface area contributed by atoms with E-state index in [0.717, 1.165) is 15.4 Å². The summed E-state index contributed by atoms with van der Waals surface area (Å²) in [4.78, 5) is 28.3. The van der Waals surface area contributed by atoms with E-state index >= 15 is 0 Å². The van der Waals surface area contributed by atoms with Gasteiger partial charge >= 0.3 is 0 Å². The number of nitrogens with one attached hydrogen (secondary N) is 1. The topological polar surface area (TPSA) is 86.8 Å². The molecule has 0 bridgehead atoms. The van der Waals surface area contributed by atoms with Gasteiger partial charge < -0.3 is 10.2 Å². The maximum absolute atomic E-state index is 13.9. The van der Waals surface area contributed by atoms with Crippen LogP contribution in [-0.4, -0.2) is 44.3 Å². The number of benzene rings is 3. The maximum atomic E-state index is 13.9. The number of halogens is 2. The van der Waals surface area contributed by atoms with Crippen LogP contribution in [0.1, 0.15) is 31.4 Å². The van der Waals surface area contributed by atoms with Gasteiger partial charge in [-0.2, -0.15) is 0 Å². The van der Waals surface area contributed by atoms with E-state index in [9.17, 15) is 18.0 Å². The number of carbonyl (C=O) groups is 2. The van der Waals surface area contributed by atoms with Crippen LogP contribution in [0, 0.1) is 6.92 Å². The highest BCUT2D eigenvalue weighted by atomic mass is 35.5. The number of aryl methyl sites for hydroxylation is 1. The monoisotopic (exact) mass is 575 g/mol. The molecule has 2 amide bonds. The lowest BCUT2D eigenvalue weighted by Crippen LogP contribution is -2.52. The second kappa shape index (κ2) is 13.1. The number of likely N-dealkylation sites (N-methyl/N-ethyl adjacent to an activating group) is 1. The smallest absolute Gasteiger partial charge is 0.264 e. The Morgan fingerprint density at radius 1 is 0.921 bits per heavy atom. The minimum Gasteiger partial charge on any atom is -0.355 e. The van der Waals surface area contributed by atoms with Gasteiger partial charge in [-0.25, -0.2) is 8.42 Å². The molecule has 3 rings (SSSR count). The van der Waals surface area contributed by atoms with E-state index in [1.54, 1.807) is 25.1 Å². The molecule has 0 aromatic heterocycles. The van der Waals surface area contributed by atoms with Crippen molar-refractivity contribution >= 4 is 50.7 Å². The number of amides is 2. The highest BCUT2D eigenvalue weighted by molar-refractivity contribution is 7.92. The molecule has 0 fully saturated rings. The molecule has 3 aromatic rings. The maximum Gasteiger partial charge on any atom is 0.264 e. The van der Waals surface area contributed by atoms with E-state index in [1.165, 1.54) is 35.2 Å². The molecule has 0 spiro atoms. The molecule has 3 aromatic carbocycles. The van der Waals surface area contributed by atoms with Gasteiger partial charge in [0.25, 0.3) is 10.0 Å². The molecule has 0 aliphatic carbocycles. The van der Waals surface area contributed by atoms with Gasteiger partial charge in [-0.1, -0.05) is 78.2 Å². The third-order valence-electron chi connectivity index (χ3n) is 6.01. The second-order valence-electron chi connectivity index (χ2n) is 8.75. The predicted octanol–water partition coefficient (Wildman–Crippen LogP) is 5.44. The normalized spacial score (nSPS) is 12.0. The first-order valence-corrected chi connectivity index (χ1v) is 14.4. The van der Waals surface area contributed by atoms with Gasteiger partial charge in [0.1, 0.15) is 12.6 Å². The van der Waals surface area contributed by atoms with Crippen LogP contribution in [0.25, 0.3) is 0 Å². The van der Waals surface area contributed by atoms with Crippen LogP contribution >= 0.6 is 23.2 Å². The largest absolute Gasteiger partial charge is 0.355 e. The van der Waals surface area contributed by atoms with Crippen LogP contribution in [0.3, 0.4) is 0 Å². The van der Waals surface area contributed by atoms with Crippen LogP contribution < -0.4 is 9.62 Å². The average Bonchev–Trinajstić information content (AvgIpc) is 2.90. The molecular weight excluding hydrogens is 545 g/mol. The lowest BCUT2D eigenvalue weighted by atomic mass is 10.1. The first kappa shape index (κ1) is 29.5. The number of carbonyl (C=O) groups excluding carboxylic acids is 2. The van der Waals surface area contributed by atoms with Crippen LogP contribution in [0.4, 0.5) is 5.69 Å². The fraction of sp³-hybridized carbons (Fsp3) is 0.286. The molecule has 38 heavy (non-hydrogen) atoms. The van der Waals surface area contributed by atoms with Gasteiger partial charge in [-0.05, 0) is 56.2 Å². The van der Waals surface area contributed by atoms with Crippen LogP contribution in [0.2, 0.25) is 10.0 Å². The molecule has 1 N–H and O–H groups in total. The summed E-state index contributed by atoms with van der Waals surface area (Å²) in [7, 11) is -4.17.